The number of hydrogen-bond donors (Lipinski definition) is 1. The van der Waals surface area contributed by atoms with E-state index in [2.05, 4.69) is 4.74 Å². The van der Waals surface area contributed by atoms with Crippen LogP contribution < -0.4 is 0 Å². The van der Waals surface area contributed by atoms with Crippen LogP contribution in [0, 0.1) is 6.92 Å². The van der Waals surface area contributed by atoms with E-state index in [0.29, 0.717) is 10.6 Å². The number of hydrogen-bond acceptors (Lipinski definition) is 4. The first-order valence-electron chi connectivity index (χ1n) is 5.14. The largest absolute Gasteiger partial charge is 0.507 e. The van der Waals surface area contributed by atoms with E-state index >= 15 is 0 Å². The first-order valence-corrected chi connectivity index (χ1v) is 5.52. The molecule has 0 spiro atoms. The van der Waals surface area contributed by atoms with E-state index in [1.165, 1.54) is 12.1 Å². The summed E-state index contributed by atoms with van der Waals surface area (Å²) in [6.45, 7) is 3.48. The van der Waals surface area contributed by atoms with Crippen molar-refractivity contribution in [3.05, 3.63) is 28.3 Å². The third-order valence-electron chi connectivity index (χ3n) is 2.27. The molecule has 92 valence electrons. The van der Waals surface area contributed by atoms with Gasteiger partial charge in [-0.2, -0.15) is 0 Å². The fourth-order valence-electron chi connectivity index (χ4n) is 1.46. The molecule has 0 aromatic heterocycles. The van der Waals surface area contributed by atoms with Crippen LogP contribution in [0.4, 0.5) is 0 Å². The van der Waals surface area contributed by atoms with E-state index in [1.54, 1.807) is 13.8 Å². The maximum Gasteiger partial charge on any atom is 0.313 e. The number of phenols is 1. The molecule has 0 radical (unpaired) electrons. The van der Waals surface area contributed by atoms with Crippen LogP contribution in [-0.2, 0) is 9.53 Å². The summed E-state index contributed by atoms with van der Waals surface area (Å²) in [6.07, 6.45) is -0.400. The van der Waals surface area contributed by atoms with Crippen LogP contribution in [0.2, 0.25) is 5.02 Å². The van der Waals surface area contributed by atoms with Crippen molar-refractivity contribution in [2.24, 2.45) is 0 Å². The highest BCUT2D eigenvalue weighted by Gasteiger charge is 2.19. The molecule has 0 saturated heterocycles. The van der Waals surface area contributed by atoms with Gasteiger partial charge in [0.25, 0.3) is 0 Å². The van der Waals surface area contributed by atoms with Crippen molar-refractivity contribution in [1.29, 1.82) is 0 Å². The molecule has 17 heavy (non-hydrogen) atoms. The zero-order chi connectivity index (χ0) is 13.0. The lowest BCUT2D eigenvalue weighted by molar-refractivity contribution is -0.141. The van der Waals surface area contributed by atoms with Gasteiger partial charge in [0, 0.05) is 5.02 Å². The van der Waals surface area contributed by atoms with E-state index in [4.69, 9.17) is 11.6 Å². The van der Waals surface area contributed by atoms with E-state index in [1.807, 2.05) is 0 Å². The lowest BCUT2D eigenvalue weighted by Crippen LogP contribution is -2.12. The standard InChI is InChI=1S/C12H13ClO4/c1-3-17-11(16)6-10(15)12-7(2)8(13)4-5-9(12)14/h4-5,14H,3,6H2,1-2H3. The highest BCUT2D eigenvalue weighted by atomic mass is 35.5. The van der Waals surface area contributed by atoms with Crippen LogP contribution in [0.15, 0.2) is 12.1 Å². The van der Waals surface area contributed by atoms with Crippen LogP contribution in [0.25, 0.3) is 0 Å². The molecule has 0 aliphatic rings. The zero-order valence-electron chi connectivity index (χ0n) is 9.62. The molecule has 0 heterocycles. The minimum absolute atomic E-state index is 0.0746. The fourth-order valence-corrected chi connectivity index (χ4v) is 1.61. The molecule has 1 aromatic carbocycles. The number of rotatable bonds is 4. The Balaban J connectivity index is 2.97. The van der Waals surface area contributed by atoms with Gasteiger partial charge in [-0.05, 0) is 31.5 Å². The first-order chi connectivity index (χ1) is 7.97. The van der Waals surface area contributed by atoms with Gasteiger partial charge in [-0.1, -0.05) is 11.6 Å². The number of halogens is 1. The molecular weight excluding hydrogens is 244 g/mol. The Labute approximate surface area is 104 Å². The summed E-state index contributed by atoms with van der Waals surface area (Å²) in [4.78, 5) is 23.0. The summed E-state index contributed by atoms with van der Waals surface area (Å²) in [5, 5.41) is 9.97. The number of ketones is 1. The van der Waals surface area contributed by atoms with Gasteiger partial charge in [-0.3, -0.25) is 9.59 Å². The van der Waals surface area contributed by atoms with E-state index in [-0.39, 0.29) is 17.9 Å². The van der Waals surface area contributed by atoms with Gasteiger partial charge >= 0.3 is 5.97 Å². The molecule has 0 atom stereocenters. The van der Waals surface area contributed by atoms with Crippen LogP contribution in [0.1, 0.15) is 29.3 Å². The summed E-state index contributed by atoms with van der Waals surface area (Å²) in [6, 6.07) is 2.82. The Hall–Kier alpha value is -1.55. The van der Waals surface area contributed by atoms with Crippen LogP contribution in [-0.4, -0.2) is 23.5 Å². The smallest absolute Gasteiger partial charge is 0.313 e. The van der Waals surface area contributed by atoms with Crippen molar-refractivity contribution in [1.82, 2.24) is 0 Å². The van der Waals surface area contributed by atoms with Gasteiger partial charge in [0.15, 0.2) is 5.78 Å². The Kier molecular flexibility index (Phi) is 4.52. The quantitative estimate of drug-likeness (QED) is 0.511. The van der Waals surface area contributed by atoms with Gasteiger partial charge in [0.2, 0.25) is 0 Å². The predicted molar refractivity (Wildman–Crippen MR) is 63.4 cm³/mol. The number of benzene rings is 1. The van der Waals surface area contributed by atoms with Gasteiger partial charge < -0.3 is 9.84 Å². The number of ether oxygens (including phenoxy) is 1. The van der Waals surface area contributed by atoms with Crippen LogP contribution in [0.5, 0.6) is 5.75 Å². The summed E-state index contributed by atoms with van der Waals surface area (Å²) < 4.78 is 4.67. The maximum absolute atomic E-state index is 11.8. The minimum atomic E-state index is -0.615. The van der Waals surface area contributed by atoms with E-state index < -0.39 is 18.2 Å². The molecule has 0 amide bonds. The third-order valence-corrected chi connectivity index (χ3v) is 2.68. The number of Topliss-reactive ketones (excluding diaryl/α,β-unsaturated/α-hetero) is 1. The Morgan fingerprint density at radius 2 is 2.06 bits per heavy atom. The Morgan fingerprint density at radius 1 is 1.41 bits per heavy atom. The molecule has 1 aromatic rings. The molecule has 0 fully saturated rings. The van der Waals surface area contributed by atoms with Crippen molar-refractivity contribution in [3.8, 4) is 5.75 Å². The van der Waals surface area contributed by atoms with Gasteiger partial charge in [-0.25, -0.2) is 0 Å². The normalized spacial score (nSPS) is 10.1. The first kappa shape index (κ1) is 13.5. The van der Waals surface area contributed by atoms with E-state index in [9.17, 15) is 14.7 Å². The lowest BCUT2D eigenvalue weighted by atomic mass is 10.0. The maximum atomic E-state index is 11.8. The molecule has 0 saturated carbocycles. The molecule has 1 N–H and O–H groups in total. The number of carbonyl (C=O) groups is 2. The van der Waals surface area contributed by atoms with Crippen molar-refractivity contribution < 1.29 is 19.4 Å². The molecule has 1 rings (SSSR count). The van der Waals surface area contributed by atoms with E-state index in [0.717, 1.165) is 0 Å². The monoisotopic (exact) mass is 256 g/mol. The van der Waals surface area contributed by atoms with Gasteiger partial charge in [0.05, 0.1) is 12.2 Å². The Bertz CT molecular complexity index is 454. The second kappa shape index (κ2) is 5.68. The van der Waals surface area contributed by atoms with Crippen LogP contribution in [0.3, 0.4) is 0 Å². The van der Waals surface area contributed by atoms with Gasteiger partial charge in [0.1, 0.15) is 12.2 Å². The minimum Gasteiger partial charge on any atom is -0.507 e. The summed E-state index contributed by atoms with van der Waals surface area (Å²) in [5.74, 6) is -1.29. The van der Waals surface area contributed by atoms with Crippen molar-refractivity contribution in [3.63, 3.8) is 0 Å². The molecular formula is C12H13ClO4. The Morgan fingerprint density at radius 3 is 2.65 bits per heavy atom. The average Bonchev–Trinajstić information content (AvgIpc) is 2.24. The van der Waals surface area contributed by atoms with Crippen molar-refractivity contribution in [2.45, 2.75) is 20.3 Å². The molecule has 0 aliphatic carbocycles. The fraction of sp³-hybridized carbons (Fsp3) is 0.333. The zero-order valence-corrected chi connectivity index (χ0v) is 10.4. The number of esters is 1. The molecule has 4 nitrogen and oxygen atoms in total. The number of aromatic hydroxyl groups is 1. The lowest BCUT2D eigenvalue weighted by Gasteiger charge is -2.08. The summed E-state index contributed by atoms with van der Waals surface area (Å²) in [7, 11) is 0. The molecule has 0 unspecified atom stereocenters. The predicted octanol–water partition coefficient (Wildman–Crippen LogP) is 2.49. The number of carbonyl (C=O) groups excluding carboxylic acids is 2. The molecule has 0 bridgehead atoms. The summed E-state index contributed by atoms with van der Waals surface area (Å²) in [5.41, 5.74) is 0.534. The summed E-state index contributed by atoms with van der Waals surface area (Å²) >= 11 is 5.85. The average molecular weight is 257 g/mol. The molecule has 5 heteroatoms. The topological polar surface area (TPSA) is 63.6 Å². The third kappa shape index (κ3) is 3.20. The van der Waals surface area contributed by atoms with Gasteiger partial charge in [-0.15, -0.1) is 0 Å². The molecule has 0 aliphatic heterocycles. The number of phenolic OH excluding ortho intramolecular Hbond substituents is 1. The highest BCUT2D eigenvalue weighted by molar-refractivity contribution is 6.32. The highest BCUT2D eigenvalue weighted by Crippen LogP contribution is 2.28. The van der Waals surface area contributed by atoms with Crippen LogP contribution >= 0.6 is 11.6 Å². The second-order valence-corrected chi connectivity index (χ2v) is 3.88. The second-order valence-electron chi connectivity index (χ2n) is 3.47. The SMILES string of the molecule is CCOC(=O)CC(=O)c1c(O)ccc(Cl)c1C. The van der Waals surface area contributed by atoms with Crippen molar-refractivity contribution in [2.75, 3.05) is 6.61 Å². The van der Waals surface area contributed by atoms with Crippen molar-refractivity contribution >= 4 is 23.4 Å².